The highest BCUT2D eigenvalue weighted by Gasteiger charge is 2.31. The number of thiazole rings is 1. The highest BCUT2D eigenvalue weighted by Crippen LogP contribution is 2.40. The molecule has 26 heavy (non-hydrogen) atoms. The molecular formula is C19H21FN4OS. The van der Waals surface area contributed by atoms with E-state index in [0.717, 1.165) is 25.0 Å². The van der Waals surface area contributed by atoms with E-state index in [1.807, 2.05) is 0 Å². The lowest BCUT2D eigenvalue weighted by atomic mass is 9.73. The van der Waals surface area contributed by atoms with Gasteiger partial charge in [0.05, 0.1) is 5.69 Å². The van der Waals surface area contributed by atoms with Gasteiger partial charge in [0.25, 0.3) is 5.91 Å². The van der Waals surface area contributed by atoms with Crippen molar-refractivity contribution in [1.29, 1.82) is 0 Å². The van der Waals surface area contributed by atoms with Crippen LogP contribution in [0.2, 0.25) is 0 Å². The predicted molar refractivity (Wildman–Crippen MR) is 100 cm³/mol. The second-order valence-electron chi connectivity index (χ2n) is 7.89. The van der Waals surface area contributed by atoms with E-state index < -0.39 is 0 Å². The maximum absolute atomic E-state index is 13.3. The summed E-state index contributed by atoms with van der Waals surface area (Å²) in [6.07, 6.45) is 5.92. The number of halogens is 1. The average Bonchev–Trinajstić information content (AvgIpc) is 3.15. The highest BCUT2D eigenvalue weighted by atomic mass is 32.1. The number of nitrogens with zero attached hydrogens (tertiary/aromatic N) is 3. The van der Waals surface area contributed by atoms with Gasteiger partial charge in [-0.2, -0.15) is 0 Å². The molecule has 0 radical (unpaired) electrons. The standard InChI is InChI=1S/C19H21FN4OS/c1-19(2,3)11-4-6-13-15(8-11)26-18(22-13)23-17(25)14-10-24-9-12(20)5-7-16(24)21-14/h5,7,9-11H,4,6,8H2,1-3H3,(H,22,23,25). The molecule has 1 amide bonds. The van der Waals surface area contributed by atoms with Crippen LogP contribution in [0.1, 0.15) is 48.3 Å². The van der Waals surface area contributed by atoms with E-state index >= 15 is 0 Å². The van der Waals surface area contributed by atoms with Gasteiger partial charge in [0.1, 0.15) is 17.2 Å². The summed E-state index contributed by atoms with van der Waals surface area (Å²) in [7, 11) is 0. The van der Waals surface area contributed by atoms with Gasteiger partial charge in [-0.05, 0) is 42.7 Å². The molecule has 0 aromatic carbocycles. The molecule has 1 unspecified atom stereocenters. The number of aromatic nitrogens is 3. The molecule has 7 heteroatoms. The number of hydrogen-bond acceptors (Lipinski definition) is 4. The van der Waals surface area contributed by atoms with E-state index in [1.54, 1.807) is 17.4 Å². The molecule has 0 aliphatic heterocycles. The summed E-state index contributed by atoms with van der Waals surface area (Å²) in [5.41, 5.74) is 2.15. The minimum Gasteiger partial charge on any atom is -0.303 e. The van der Waals surface area contributed by atoms with Crippen molar-refractivity contribution in [2.75, 3.05) is 5.32 Å². The number of anilines is 1. The zero-order chi connectivity index (χ0) is 18.5. The Labute approximate surface area is 155 Å². The zero-order valence-electron chi connectivity index (χ0n) is 15.0. The molecule has 136 valence electrons. The first-order valence-electron chi connectivity index (χ1n) is 8.74. The number of fused-ring (bicyclic) bond motifs is 2. The van der Waals surface area contributed by atoms with E-state index in [-0.39, 0.29) is 22.8 Å². The van der Waals surface area contributed by atoms with Crippen LogP contribution in [0.5, 0.6) is 0 Å². The van der Waals surface area contributed by atoms with Crippen LogP contribution in [0.15, 0.2) is 24.5 Å². The van der Waals surface area contributed by atoms with Crippen LogP contribution in [0.25, 0.3) is 5.65 Å². The normalized spacial score (nSPS) is 17.3. The number of pyridine rings is 1. The summed E-state index contributed by atoms with van der Waals surface area (Å²) < 4.78 is 14.8. The number of aryl methyl sites for hydroxylation is 1. The lowest BCUT2D eigenvalue weighted by Gasteiger charge is -2.33. The monoisotopic (exact) mass is 372 g/mol. The Balaban J connectivity index is 1.52. The van der Waals surface area contributed by atoms with E-state index in [9.17, 15) is 9.18 Å². The summed E-state index contributed by atoms with van der Waals surface area (Å²) in [5, 5.41) is 3.45. The Hall–Kier alpha value is -2.28. The summed E-state index contributed by atoms with van der Waals surface area (Å²) in [6.45, 7) is 6.83. The molecule has 3 aromatic rings. The minimum atomic E-state index is -0.372. The molecule has 3 aromatic heterocycles. The van der Waals surface area contributed by atoms with Gasteiger partial charge in [-0.25, -0.2) is 14.4 Å². The van der Waals surface area contributed by atoms with Crippen LogP contribution in [-0.4, -0.2) is 20.3 Å². The smallest absolute Gasteiger partial charge is 0.277 e. The van der Waals surface area contributed by atoms with Crippen molar-refractivity contribution in [1.82, 2.24) is 14.4 Å². The fraction of sp³-hybridized carbons (Fsp3) is 0.421. The third-order valence-corrected chi connectivity index (χ3v) is 6.07. The quantitative estimate of drug-likeness (QED) is 0.728. The Kier molecular flexibility index (Phi) is 4.06. The topological polar surface area (TPSA) is 59.3 Å². The zero-order valence-corrected chi connectivity index (χ0v) is 15.9. The molecule has 1 aliphatic rings. The highest BCUT2D eigenvalue weighted by molar-refractivity contribution is 7.15. The summed E-state index contributed by atoms with van der Waals surface area (Å²) in [4.78, 5) is 22.6. The van der Waals surface area contributed by atoms with E-state index in [4.69, 9.17) is 0 Å². The van der Waals surface area contributed by atoms with Gasteiger partial charge in [0.2, 0.25) is 0 Å². The molecule has 5 nitrogen and oxygen atoms in total. The SMILES string of the molecule is CC(C)(C)C1CCc2nc(NC(=O)c3cn4cc(F)ccc4n3)sc2C1. The maximum Gasteiger partial charge on any atom is 0.277 e. The van der Waals surface area contributed by atoms with Crippen molar-refractivity contribution in [3.8, 4) is 0 Å². The number of imidazole rings is 1. The van der Waals surface area contributed by atoms with Gasteiger partial charge >= 0.3 is 0 Å². The number of rotatable bonds is 2. The summed E-state index contributed by atoms with van der Waals surface area (Å²) in [6, 6.07) is 2.87. The number of carbonyl (C=O) groups excluding carboxylic acids is 1. The van der Waals surface area contributed by atoms with Gasteiger partial charge in [0, 0.05) is 17.3 Å². The summed E-state index contributed by atoms with van der Waals surface area (Å²) in [5.74, 6) is -0.0669. The first-order chi connectivity index (χ1) is 12.3. The largest absolute Gasteiger partial charge is 0.303 e. The van der Waals surface area contributed by atoms with Crippen molar-refractivity contribution in [2.45, 2.75) is 40.0 Å². The van der Waals surface area contributed by atoms with Gasteiger partial charge in [-0.15, -0.1) is 11.3 Å². The molecule has 1 aliphatic carbocycles. The van der Waals surface area contributed by atoms with Crippen LogP contribution in [0, 0.1) is 17.2 Å². The van der Waals surface area contributed by atoms with Crippen molar-refractivity contribution in [3.05, 3.63) is 46.6 Å². The van der Waals surface area contributed by atoms with Crippen molar-refractivity contribution < 1.29 is 9.18 Å². The van der Waals surface area contributed by atoms with Gasteiger partial charge < -0.3 is 4.40 Å². The molecule has 0 bridgehead atoms. The van der Waals surface area contributed by atoms with E-state index in [0.29, 0.717) is 16.7 Å². The van der Waals surface area contributed by atoms with Crippen LogP contribution in [0.3, 0.4) is 0 Å². The predicted octanol–water partition coefficient (Wildman–Crippen LogP) is 4.33. The summed E-state index contributed by atoms with van der Waals surface area (Å²) >= 11 is 1.55. The lowest BCUT2D eigenvalue weighted by molar-refractivity contribution is 0.102. The molecule has 1 N–H and O–H groups in total. The number of carbonyl (C=O) groups is 1. The van der Waals surface area contributed by atoms with Crippen LogP contribution < -0.4 is 5.32 Å². The molecule has 1 atom stereocenters. The van der Waals surface area contributed by atoms with Crippen molar-refractivity contribution in [3.63, 3.8) is 0 Å². The van der Waals surface area contributed by atoms with Crippen LogP contribution in [0.4, 0.5) is 9.52 Å². The van der Waals surface area contributed by atoms with Gasteiger partial charge in [-0.3, -0.25) is 10.1 Å². The molecule has 0 saturated heterocycles. The van der Waals surface area contributed by atoms with E-state index in [1.165, 1.54) is 27.7 Å². The molecular weight excluding hydrogens is 351 g/mol. The Morgan fingerprint density at radius 3 is 2.88 bits per heavy atom. The fourth-order valence-electron chi connectivity index (χ4n) is 3.40. The first kappa shape index (κ1) is 17.1. The van der Waals surface area contributed by atoms with Gasteiger partial charge in [0.15, 0.2) is 5.13 Å². The number of hydrogen-bond donors (Lipinski definition) is 1. The minimum absolute atomic E-state index is 0.247. The third kappa shape index (κ3) is 3.23. The van der Waals surface area contributed by atoms with Crippen LogP contribution >= 0.6 is 11.3 Å². The molecule has 0 saturated carbocycles. The number of nitrogens with one attached hydrogen (secondary N) is 1. The second kappa shape index (κ2) is 6.16. The molecule has 4 rings (SSSR count). The fourth-order valence-corrected chi connectivity index (χ4v) is 4.49. The Morgan fingerprint density at radius 2 is 2.12 bits per heavy atom. The third-order valence-electron chi connectivity index (χ3n) is 5.03. The second-order valence-corrected chi connectivity index (χ2v) is 8.97. The Morgan fingerprint density at radius 1 is 1.31 bits per heavy atom. The van der Waals surface area contributed by atoms with Crippen molar-refractivity contribution >= 4 is 28.0 Å². The molecule has 0 fully saturated rings. The molecule has 3 heterocycles. The molecule has 0 spiro atoms. The lowest BCUT2D eigenvalue weighted by Crippen LogP contribution is -2.26. The Bertz CT molecular complexity index is 985. The van der Waals surface area contributed by atoms with Crippen molar-refractivity contribution in [2.24, 2.45) is 11.3 Å². The van der Waals surface area contributed by atoms with E-state index in [2.05, 4.69) is 36.1 Å². The average molecular weight is 372 g/mol. The maximum atomic E-state index is 13.3. The number of amides is 1. The van der Waals surface area contributed by atoms with Gasteiger partial charge in [-0.1, -0.05) is 20.8 Å². The van der Waals surface area contributed by atoms with Crippen LogP contribution in [-0.2, 0) is 12.8 Å². The first-order valence-corrected chi connectivity index (χ1v) is 9.55.